The third-order valence-corrected chi connectivity index (χ3v) is 5.14. The molecule has 0 bridgehead atoms. The maximum atomic E-state index is 5.84. The van der Waals surface area contributed by atoms with E-state index < -0.39 is 0 Å². The fourth-order valence-corrected chi connectivity index (χ4v) is 3.38. The minimum atomic E-state index is 0.560. The minimum absolute atomic E-state index is 0.560. The van der Waals surface area contributed by atoms with Crippen LogP contribution in [0.5, 0.6) is 5.75 Å². The molecule has 6 heteroatoms. The molecule has 4 rings (SSSR count). The molecule has 0 amide bonds. The third-order valence-electron chi connectivity index (χ3n) is 5.14. The third kappa shape index (κ3) is 5.23. The number of piperazine rings is 1. The lowest BCUT2D eigenvalue weighted by Gasteiger charge is -2.34. The quantitative estimate of drug-likeness (QED) is 0.661. The van der Waals surface area contributed by atoms with Gasteiger partial charge in [0.25, 0.3) is 0 Å². The molecule has 0 unspecified atom stereocenters. The van der Waals surface area contributed by atoms with Crippen molar-refractivity contribution in [3.05, 3.63) is 72.4 Å². The van der Waals surface area contributed by atoms with Crippen molar-refractivity contribution >= 4 is 17.5 Å². The Bertz CT molecular complexity index is 893. The van der Waals surface area contributed by atoms with Gasteiger partial charge in [0.1, 0.15) is 18.2 Å². The molecular formula is C23H27N5O. The lowest BCUT2D eigenvalue weighted by atomic mass is 10.2. The molecule has 2 aromatic carbocycles. The number of ether oxygens (including phenoxy) is 1. The van der Waals surface area contributed by atoms with Crippen LogP contribution in [0.2, 0.25) is 0 Å². The van der Waals surface area contributed by atoms with E-state index >= 15 is 0 Å². The molecule has 3 aromatic rings. The van der Waals surface area contributed by atoms with Gasteiger partial charge in [-0.15, -0.1) is 0 Å². The summed E-state index contributed by atoms with van der Waals surface area (Å²) in [4.78, 5) is 13.8. The molecule has 1 fully saturated rings. The van der Waals surface area contributed by atoms with Gasteiger partial charge in [-0.1, -0.05) is 37.3 Å². The molecule has 0 atom stereocenters. The number of rotatable bonds is 7. The highest BCUT2D eigenvalue weighted by Gasteiger charge is 2.17. The Morgan fingerprint density at radius 2 is 1.69 bits per heavy atom. The maximum Gasteiger partial charge on any atom is 0.229 e. The van der Waals surface area contributed by atoms with E-state index in [1.54, 1.807) is 0 Å². The van der Waals surface area contributed by atoms with Crippen LogP contribution in [-0.4, -0.2) is 47.6 Å². The molecular weight excluding hydrogens is 362 g/mol. The normalized spacial score (nSPS) is 14.6. The molecule has 1 N–H and O–H groups in total. The van der Waals surface area contributed by atoms with Gasteiger partial charge in [-0.2, -0.15) is 4.98 Å². The number of hydrogen-bond donors (Lipinski definition) is 1. The van der Waals surface area contributed by atoms with Crippen LogP contribution in [0.15, 0.2) is 66.9 Å². The number of nitrogens with zero attached hydrogens (tertiary/aromatic N) is 4. The molecule has 0 spiro atoms. The Morgan fingerprint density at radius 1 is 0.931 bits per heavy atom. The van der Waals surface area contributed by atoms with Crippen molar-refractivity contribution in [2.45, 2.75) is 13.5 Å². The van der Waals surface area contributed by atoms with Gasteiger partial charge in [0.15, 0.2) is 0 Å². The zero-order valence-corrected chi connectivity index (χ0v) is 16.8. The van der Waals surface area contributed by atoms with E-state index in [-0.39, 0.29) is 0 Å². The molecule has 0 radical (unpaired) electrons. The molecule has 1 saturated heterocycles. The average Bonchev–Trinajstić information content (AvgIpc) is 2.79. The van der Waals surface area contributed by atoms with Gasteiger partial charge in [-0.25, -0.2) is 4.98 Å². The second kappa shape index (κ2) is 9.39. The van der Waals surface area contributed by atoms with Crippen molar-refractivity contribution in [3.8, 4) is 5.75 Å². The fraction of sp³-hybridized carbons (Fsp3) is 0.304. The van der Waals surface area contributed by atoms with Gasteiger partial charge >= 0.3 is 0 Å². The summed E-state index contributed by atoms with van der Waals surface area (Å²) >= 11 is 0. The first-order valence-electron chi connectivity index (χ1n) is 10.1. The minimum Gasteiger partial charge on any atom is -0.489 e. The first-order chi connectivity index (χ1) is 14.3. The van der Waals surface area contributed by atoms with E-state index in [1.807, 2.05) is 54.7 Å². The first kappa shape index (κ1) is 19.2. The van der Waals surface area contributed by atoms with Gasteiger partial charge in [0, 0.05) is 38.1 Å². The van der Waals surface area contributed by atoms with E-state index in [1.165, 1.54) is 0 Å². The van der Waals surface area contributed by atoms with Gasteiger partial charge in [-0.05, 0) is 42.4 Å². The summed E-state index contributed by atoms with van der Waals surface area (Å²) in [5.41, 5.74) is 2.09. The number of benzene rings is 2. The van der Waals surface area contributed by atoms with Crippen LogP contribution in [0, 0.1) is 0 Å². The largest absolute Gasteiger partial charge is 0.489 e. The van der Waals surface area contributed by atoms with Crippen LogP contribution >= 0.6 is 0 Å². The van der Waals surface area contributed by atoms with Gasteiger partial charge in [-0.3, -0.25) is 0 Å². The van der Waals surface area contributed by atoms with Gasteiger partial charge in [0.05, 0.1) is 0 Å². The monoisotopic (exact) mass is 389 g/mol. The molecule has 1 aliphatic rings. The van der Waals surface area contributed by atoms with Crippen LogP contribution in [-0.2, 0) is 6.61 Å². The van der Waals surface area contributed by atoms with Crippen LogP contribution < -0.4 is 15.0 Å². The molecule has 2 heterocycles. The summed E-state index contributed by atoms with van der Waals surface area (Å²) in [5, 5.41) is 3.29. The van der Waals surface area contributed by atoms with E-state index in [4.69, 9.17) is 9.72 Å². The zero-order chi connectivity index (χ0) is 19.9. The van der Waals surface area contributed by atoms with Crippen molar-refractivity contribution in [2.75, 3.05) is 42.9 Å². The van der Waals surface area contributed by atoms with Crippen molar-refractivity contribution in [1.29, 1.82) is 0 Å². The summed E-state index contributed by atoms with van der Waals surface area (Å²) in [6.45, 7) is 8.02. The number of nitrogens with one attached hydrogen (secondary N) is 1. The second-order valence-corrected chi connectivity index (χ2v) is 7.08. The van der Waals surface area contributed by atoms with E-state index in [9.17, 15) is 0 Å². The van der Waals surface area contributed by atoms with E-state index in [0.717, 1.165) is 55.5 Å². The SMILES string of the molecule is CCN1CCN(c2ccnc(Nc3ccc(OCc4ccccc4)cc3)n2)CC1. The highest BCUT2D eigenvalue weighted by atomic mass is 16.5. The lowest BCUT2D eigenvalue weighted by Crippen LogP contribution is -2.46. The number of likely N-dealkylation sites (N-methyl/N-ethyl adjacent to an activating group) is 1. The highest BCUT2D eigenvalue weighted by Crippen LogP contribution is 2.21. The van der Waals surface area contributed by atoms with Crippen molar-refractivity contribution in [2.24, 2.45) is 0 Å². The first-order valence-corrected chi connectivity index (χ1v) is 10.1. The Labute approximate surface area is 172 Å². The maximum absolute atomic E-state index is 5.84. The number of aromatic nitrogens is 2. The number of anilines is 3. The Morgan fingerprint density at radius 3 is 2.41 bits per heavy atom. The summed E-state index contributed by atoms with van der Waals surface area (Å²) in [6.07, 6.45) is 1.81. The van der Waals surface area contributed by atoms with Crippen molar-refractivity contribution in [1.82, 2.24) is 14.9 Å². The predicted molar refractivity (Wildman–Crippen MR) is 117 cm³/mol. The Balaban J connectivity index is 1.34. The fourth-order valence-electron chi connectivity index (χ4n) is 3.38. The second-order valence-electron chi connectivity index (χ2n) is 7.08. The van der Waals surface area contributed by atoms with Crippen LogP contribution in [0.4, 0.5) is 17.5 Å². The molecule has 1 aliphatic heterocycles. The van der Waals surface area contributed by atoms with Crippen molar-refractivity contribution in [3.63, 3.8) is 0 Å². The van der Waals surface area contributed by atoms with Gasteiger partial charge in [0.2, 0.25) is 5.95 Å². The summed E-state index contributed by atoms with van der Waals surface area (Å²) < 4.78 is 5.84. The van der Waals surface area contributed by atoms with Crippen LogP contribution in [0.25, 0.3) is 0 Å². The average molecular weight is 390 g/mol. The van der Waals surface area contributed by atoms with Crippen LogP contribution in [0.3, 0.4) is 0 Å². The Hall–Kier alpha value is -3.12. The molecule has 0 aliphatic carbocycles. The standard InChI is InChI=1S/C23H27N5O/c1-2-27-14-16-28(17-15-27)22-12-13-24-23(26-22)25-20-8-10-21(11-9-20)29-18-19-6-4-3-5-7-19/h3-13H,2,14-18H2,1H3,(H,24,25,26). The highest BCUT2D eigenvalue weighted by molar-refractivity contribution is 5.56. The molecule has 29 heavy (non-hydrogen) atoms. The lowest BCUT2D eigenvalue weighted by molar-refractivity contribution is 0.270. The molecule has 150 valence electrons. The summed E-state index contributed by atoms with van der Waals surface area (Å²) in [7, 11) is 0. The molecule has 6 nitrogen and oxygen atoms in total. The van der Waals surface area contributed by atoms with Crippen LogP contribution in [0.1, 0.15) is 12.5 Å². The van der Waals surface area contributed by atoms with E-state index in [2.05, 4.69) is 39.2 Å². The number of hydrogen-bond acceptors (Lipinski definition) is 6. The molecule has 0 saturated carbocycles. The topological polar surface area (TPSA) is 53.5 Å². The van der Waals surface area contributed by atoms with E-state index in [0.29, 0.717) is 12.6 Å². The smallest absolute Gasteiger partial charge is 0.229 e. The molecule has 1 aromatic heterocycles. The summed E-state index contributed by atoms with van der Waals surface area (Å²) in [6, 6.07) is 20.0. The Kier molecular flexibility index (Phi) is 6.22. The predicted octanol–water partition coefficient (Wildman–Crippen LogP) is 3.94. The zero-order valence-electron chi connectivity index (χ0n) is 16.8. The van der Waals surface area contributed by atoms with Gasteiger partial charge < -0.3 is 19.9 Å². The summed E-state index contributed by atoms with van der Waals surface area (Å²) in [5.74, 6) is 2.42. The van der Waals surface area contributed by atoms with Crippen molar-refractivity contribution < 1.29 is 4.74 Å².